The average molecular weight is 917 g/mol. The Balaban J connectivity index is 1.52. The molecule has 0 unspecified atom stereocenters. The average Bonchev–Trinajstić information content (AvgIpc) is 3.76. The quantitative estimate of drug-likeness (QED) is 0.0946. The molecule has 0 saturated carbocycles. The van der Waals surface area contributed by atoms with Crippen LogP contribution in [0.2, 0.25) is 0 Å². The maximum absolute atomic E-state index is 15.7. The molecule has 2 nitrogen and oxygen atoms in total. The molecule has 326 valence electrons. The summed E-state index contributed by atoms with van der Waals surface area (Å²) in [5, 5.41) is -2.14. The maximum atomic E-state index is 15.7. The number of benzene rings is 7. The molecule has 2 heterocycles. The molecule has 0 radical (unpaired) electrons. The molecule has 0 fully saturated rings. The van der Waals surface area contributed by atoms with Gasteiger partial charge in [0.25, 0.3) is 0 Å². The van der Waals surface area contributed by atoms with E-state index >= 15 is 35.1 Å². The zero-order chi connectivity index (χ0) is 46.4. The molecule has 9 aromatic rings. The molecule has 0 bridgehead atoms. The smallest absolute Gasteiger partial charge is 0.200 e. The van der Waals surface area contributed by atoms with Gasteiger partial charge in [-0.2, -0.15) is 0 Å². The fraction of sp³-hybridized carbons (Fsp3) is 0.0233. The van der Waals surface area contributed by atoms with Crippen LogP contribution in [0.15, 0.2) is 48.5 Å². The second-order valence-corrected chi connectivity index (χ2v) is 14.1. The first-order valence-electron chi connectivity index (χ1n) is 17.6. The molecule has 0 spiro atoms. The molecule has 9 rings (SSSR count). The van der Waals surface area contributed by atoms with E-state index in [1.54, 1.807) is 0 Å². The van der Waals surface area contributed by atoms with Gasteiger partial charge in [0.15, 0.2) is 87.3 Å². The van der Waals surface area contributed by atoms with Gasteiger partial charge in [0.05, 0.1) is 33.2 Å². The SMILES string of the molecule is Cc1c(F)c(F)c(F)c(-c2ccc3c(c2)c2cc4c5cc(-c6c(F)c(F)c(F)c(F)c6F)ccc5n(-c5c(F)c(F)c(F)c(F)c5F)c4cc2n3-c2c(F)c(F)c(F)c(F)c2F)c1F. The Labute approximate surface area is 341 Å². The lowest BCUT2D eigenvalue weighted by Gasteiger charge is -2.14. The van der Waals surface area contributed by atoms with Crippen LogP contribution in [0.3, 0.4) is 0 Å². The summed E-state index contributed by atoms with van der Waals surface area (Å²) in [4.78, 5) is 0. The maximum Gasteiger partial charge on any atom is 0.200 e. The fourth-order valence-corrected chi connectivity index (χ4v) is 7.77. The first-order chi connectivity index (χ1) is 30.1. The van der Waals surface area contributed by atoms with Gasteiger partial charge in [0.2, 0.25) is 17.5 Å². The topological polar surface area (TPSA) is 9.86 Å². The van der Waals surface area contributed by atoms with Crippen LogP contribution in [-0.4, -0.2) is 9.13 Å². The van der Waals surface area contributed by atoms with Gasteiger partial charge in [0.1, 0.15) is 17.2 Å². The van der Waals surface area contributed by atoms with Crippen molar-refractivity contribution in [2.45, 2.75) is 6.92 Å². The summed E-state index contributed by atoms with van der Waals surface area (Å²) in [7, 11) is 0. The van der Waals surface area contributed by atoms with Crippen LogP contribution < -0.4 is 0 Å². The fourth-order valence-electron chi connectivity index (χ4n) is 7.77. The predicted molar refractivity (Wildman–Crippen MR) is 190 cm³/mol. The number of fused-ring (bicyclic) bond motifs is 6. The van der Waals surface area contributed by atoms with E-state index in [-0.39, 0.29) is 9.13 Å². The summed E-state index contributed by atoms with van der Waals surface area (Å²) in [5.74, 6) is -45.7. The Hall–Kier alpha value is -7.19. The van der Waals surface area contributed by atoms with Crippen molar-refractivity contribution < 1.29 is 83.4 Å². The van der Waals surface area contributed by atoms with Crippen LogP contribution in [0, 0.1) is 117 Å². The molecular formula is C43H11F19N2. The lowest BCUT2D eigenvalue weighted by atomic mass is 9.98. The van der Waals surface area contributed by atoms with E-state index in [2.05, 4.69) is 0 Å². The van der Waals surface area contributed by atoms with Crippen molar-refractivity contribution in [1.82, 2.24) is 9.13 Å². The van der Waals surface area contributed by atoms with Crippen LogP contribution in [0.5, 0.6) is 0 Å². The summed E-state index contributed by atoms with van der Waals surface area (Å²) < 4.78 is 284. The lowest BCUT2D eigenvalue weighted by molar-refractivity contribution is 0.376. The number of rotatable bonds is 4. The zero-order valence-corrected chi connectivity index (χ0v) is 30.7. The van der Waals surface area contributed by atoms with E-state index in [4.69, 9.17) is 0 Å². The third-order valence-electron chi connectivity index (χ3n) is 10.7. The zero-order valence-electron chi connectivity index (χ0n) is 30.7. The van der Waals surface area contributed by atoms with E-state index in [0.717, 1.165) is 31.2 Å². The number of nitrogens with zero attached hydrogens (tertiary/aromatic N) is 2. The van der Waals surface area contributed by atoms with Crippen molar-refractivity contribution in [3.63, 3.8) is 0 Å². The number of halogens is 19. The first kappa shape index (κ1) is 42.1. The van der Waals surface area contributed by atoms with Crippen LogP contribution in [-0.2, 0) is 0 Å². The number of hydrogen-bond donors (Lipinski definition) is 0. The second kappa shape index (κ2) is 14.2. The van der Waals surface area contributed by atoms with Crippen LogP contribution in [0.4, 0.5) is 83.4 Å². The molecule has 0 aliphatic heterocycles. The molecule has 0 aliphatic carbocycles. The Morgan fingerprint density at radius 3 is 0.906 bits per heavy atom. The van der Waals surface area contributed by atoms with Gasteiger partial charge >= 0.3 is 0 Å². The van der Waals surface area contributed by atoms with Gasteiger partial charge in [-0.1, -0.05) is 12.1 Å². The normalized spacial score (nSPS) is 12.1. The van der Waals surface area contributed by atoms with Gasteiger partial charge in [-0.3, -0.25) is 0 Å². The van der Waals surface area contributed by atoms with Crippen LogP contribution in [0.25, 0.3) is 77.2 Å². The minimum absolute atomic E-state index is 0.253. The van der Waals surface area contributed by atoms with E-state index < -0.39 is 193 Å². The largest absolute Gasteiger partial charge is 0.304 e. The van der Waals surface area contributed by atoms with Crippen molar-refractivity contribution in [3.8, 4) is 33.6 Å². The van der Waals surface area contributed by atoms with Crippen molar-refractivity contribution >= 4 is 43.6 Å². The molecule has 0 saturated heterocycles. The van der Waals surface area contributed by atoms with E-state index in [1.807, 2.05) is 0 Å². The van der Waals surface area contributed by atoms with Crippen molar-refractivity contribution in [2.24, 2.45) is 0 Å². The first-order valence-corrected chi connectivity index (χ1v) is 17.6. The monoisotopic (exact) mass is 916 g/mol. The van der Waals surface area contributed by atoms with Crippen molar-refractivity contribution in [3.05, 3.63) is 165 Å². The molecular weight excluding hydrogens is 905 g/mol. The highest BCUT2D eigenvalue weighted by molar-refractivity contribution is 6.20. The summed E-state index contributed by atoms with van der Waals surface area (Å²) >= 11 is 0. The third-order valence-corrected chi connectivity index (χ3v) is 10.7. The molecule has 2 aromatic heterocycles. The Kier molecular flexibility index (Phi) is 9.32. The summed E-state index contributed by atoms with van der Waals surface area (Å²) in [6.45, 7) is 0.724. The van der Waals surface area contributed by atoms with Crippen LogP contribution in [0.1, 0.15) is 5.56 Å². The molecule has 0 amide bonds. The summed E-state index contributed by atoms with van der Waals surface area (Å²) in [5.41, 5.74) is -11.9. The highest BCUT2D eigenvalue weighted by Gasteiger charge is 2.34. The minimum atomic E-state index is -2.66. The Morgan fingerprint density at radius 2 is 0.547 bits per heavy atom. The highest BCUT2D eigenvalue weighted by Crippen LogP contribution is 2.45. The molecule has 0 atom stereocenters. The predicted octanol–water partition coefficient (Wildman–Crippen LogP) is 14.2. The Morgan fingerprint density at radius 1 is 0.266 bits per heavy atom. The van der Waals surface area contributed by atoms with Crippen molar-refractivity contribution in [2.75, 3.05) is 0 Å². The van der Waals surface area contributed by atoms with E-state index in [1.165, 1.54) is 0 Å². The number of hydrogen-bond acceptors (Lipinski definition) is 0. The Bertz CT molecular complexity index is 3280. The van der Waals surface area contributed by atoms with Gasteiger partial charge in [-0.15, -0.1) is 0 Å². The van der Waals surface area contributed by atoms with E-state index in [0.29, 0.717) is 24.3 Å². The summed E-state index contributed by atoms with van der Waals surface area (Å²) in [6.07, 6.45) is 0. The molecule has 0 aliphatic rings. The molecule has 7 aromatic carbocycles. The van der Waals surface area contributed by atoms with Gasteiger partial charge < -0.3 is 9.13 Å². The lowest BCUT2D eigenvalue weighted by Crippen LogP contribution is -2.10. The number of aromatic nitrogens is 2. The van der Waals surface area contributed by atoms with E-state index in [9.17, 15) is 48.3 Å². The summed E-state index contributed by atoms with van der Waals surface area (Å²) in [6, 6.07) is 5.60. The molecule has 0 N–H and O–H groups in total. The van der Waals surface area contributed by atoms with Gasteiger partial charge in [-0.25, -0.2) is 83.4 Å². The molecule has 21 heteroatoms. The standard InChI is InChI=1S/C43H11F19N2/c1-10-23(44)21(25(46)28(49)24(10)45)11-2-4-17-13(6-11)15-8-16-14-7-12(22-26(47)29(50)31(52)30(51)27(22)48)3-5-18(14)64(43-40(61)36(57)33(54)37(58)41(43)62)20(16)9-19(15)63(17)42-38(59)34(55)32(53)35(56)39(42)60/h2-9H,1H3. The third kappa shape index (κ3) is 5.44. The highest BCUT2D eigenvalue weighted by atomic mass is 19.2. The molecule has 64 heavy (non-hydrogen) atoms. The second-order valence-electron chi connectivity index (χ2n) is 14.1. The van der Waals surface area contributed by atoms with Gasteiger partial charge in [-0.05, 0) is 54.4 Å². The van der Waals surface area contributed by atoms with Gasteiger partial charge in [0, 0.05) is 27.1 Å². The van der Waals surface area contributed by atoms with Crippen LogP contribution >= 0.6 is 0 Å². The van der Waals surface area contributed by atoms with Crippen molar-refractivity contribution in [1.29, 1.82) is 0 Å². The minimum Gasteiger partial charge on any atom is -0.304 e.